The summed E-state index contributed by atoms with van der Waals surface area (Å²) in [5, 5.41) is 2.95. The molecule has 122 valence electrons. The van der Waals surface area contributed by atoms with Crippen molar-refractivity contribution in [2.75, 3.05) is 39.1 Å². The Bertz CT molecular complexity index is 489. The molecule has 1 heterocycles. The van der Waals surface area contributed by atoms with E-state index in [4.69, 9.17) is 4.74 Å². The predicted octanol–water partition coefficient (Wildman–Crippen LogP) is 2.89. The molecule has 2 rings (SSSR count). The van der Waals surface area contributed by atoms with Gasteiger partial charge in [0.05, 0.1) is 7.11 Å². The fourth-order valence-corrected chi connectivity index (χ4v) is 3.12. The number of anilines is 1. The second kappa shape index (κ2) is 7.49. The lowest BCUT2D eigenvalue weighted by molar-refractivity contribution is 0.101. The van der Waals surface area contributed by atoms with E-state index >= 15 is 0 Å². The van der Waals surface area contributed by atoms with Crippen molar-refractivity contribution in [1.82, 2.24) is 9.80 Å². The fraction of sp³-hybridized carbons (Fsp3) is 0.588. The minimum absolute atomic E-state index is 0.0491. The molecule has 2 amide bonds. The molecule has 0 radical (unpaired) electrons. The van der Waals surface area contributed by atoms with Crippen LogP contribution in [0.1, 0.15) is 20.3 Å². The van der Waals surface area contributed by atoms with Gasteiger partial charge in [-0.1, -0.05) is 13.8 Å². The van der Waals surface area contributed by atoms with Gasteiger partial charge in [0.2, 0.25) is 0 Å². The molecule has 0 saturated carbocycles. The van der Waals surface area contributed by atoms with Crippen LogP contribution in [0.5, 0.6) is 5.75 Å². The van der Waals surface area contributed by atoms with E-state index in [1.54, 1.807) is 7.11 Å². The lowest BCUT2D eigenvalue weighted by atomic mass is 9.93. The van der Waals surface area contributed by atoms with Gasteiger partial charge >= 0.3 is 6.03 Å². The number of benzene rings is 1. The lowest BCUT2D eigenvalue weighted by Gasteiger charge is -2.40. The molecule has 5 nitrogen and oxygen atoms in total. The zero-order valence-electron chi connectivity index (χ0n) is 14.0. The summed E-state index contributed by atoms with van der Waals surface area (Å²) in [4.78, 5) is 16.7. The van der Waals surface area contributed by atoms with Gasteiger partial charge in [-0.25, -0.2) is 4.79 Å². The average molecular weight is 305 g/mol. The molecular weight excluding hydrogens is 278 g/mol. The number of hydrogen-bond acceptors (Lipinski definition) is 3. The molecule has 1 aliphatic heterocycles. The number of ether oxygens (including phenoxy) is 1. The smallest absolute Gasteiger partial charge is 0.321 e. The highest BCUT2D eigenvalue weighted by molar-refractivity contribution is 5.89. The molecule has 0 aromatic heterocycles. The van der Waals surface area contributed by atoms with Gasteiger partial charge in [0.1, 0.15) is 5.75 Å². The molecule has 2 atom stereocenters. The van der Waals surface area contributed by atoms with E-state index in [0.29, 0.717) is 12.0 Å². The molecule has 5 heteroatoms. The van der Waals surface area contributed by atoms with Crippen LogP contribution in [-0.2, 0) is 0 Å². The van der Waals surface area contributed by atoms with Gasteiger partial charge in [-0.05, 0) is 43.1 Å². The second-order valence-electron chi connectivity index (χ2n) is 6.00. The number of piperidine rings is 1. The number of nitrogens with zero attached hydrogens (tertiary/aromatic N) is 2. The van der Waals surface area contributed by atoms with Crippen LogP contribution in [0.3, 0.4) is 0 Å². The highest BCUT2D eigenvalue weighted by Gasteiger charge is 2.30. The van der Waals surface area contributed by atoms with Crippen molar-refractivity contribution >= 4 is 11.7 Å². The van der Waals surface area contributed by atoms with E-state index in [1.165, 1.54) is 0 Å². The summed E-state index contributed by atoms with van der Waals surface area (Å²) in [6.45, 7) is 7.61. The van der Waals surface area contributed by atoms with Crippen molar-refractivity contribution < 1.29 is 9.53 Å². The Labute approximate surface area is 133 Å². The average Bonchev–Trinajstić information content (AvgIpc) is 2.54. The monoisotopic (exact) mass is 305 g/mol. The molecule has 1 aromatic rings. The van der Waals surface area contributed by atoms with E-state index in [1.807, 2.05) is 36.2 Å². The molecule has 22 heavy (non-hydrogen) atoms. The van der Waals surface area contributed by atoms with Crippen LogP contribution in [0.4, 0.5) is 10.5 Å². The number of carbonyl (C=O) groups excluding carboxylic acids is 1. The SMILES string of the molecule is CCN1CC[C@H](N(C)C(=O)Nc2ccc(OC)cc2)[C@H](C)C1. The van der Waals surface area contributed by atoms with E-state index in [-0.39, 0.29) is 6.03 Å². The van der Waals surface area contributed by atoms with Crippen LogP contribution in [0.15, 0.2) is 24.3 Å². The van der Waals surface area contributed by atoms with Gasteiger partial charge in [0.15, 0.2) is 0 Å². The van der Waals surface area contributed by atoms with Crippen molar-refractivity contribution in [3.8, 4) is 5.75 Å². The highest BCUT2D eigenvalue weighted by atomic mass is 16.5. The Morgan fingerprint density at radius 1 is 1.41 bits per heavy atom. The van der Waals surface area contributed by atoms with Crippen LogP contribution in [0, 0.1) is 5.92 Å². The maximum Gasteiger partial charge on any atom is 0.321 e. The Hall–Kier alpha value is -1.75. The van der Waals surface area contributed by atoms with Crippen LogP contribution < -0.4 is 10.1 Å². The Morgan fingerprint density at radius 2 is 2.09 bits per heavy atom. The zero-order chi connectivity index (χ0) is 16.1. The molecule has 0 aliphatic carbocycles. The molecule has 1 aliphatic rings. The van der Waals surface area contributed by atoms with Gasteiger partial charge in [-0.3, -0.25) is 0 Å². The first kappa shape index (κ1) is 16.6. The molecule has 0 bridgehead atoms. The summed E-state index contributed by atoms with van der Waals surface area (Å²) in [5.41, 5.74) is 0.788. The van der Waals surface area contributed by atoms with Crippen LogP contribution in [0.2, 0.25) is 0 Å². The number of hydrogen-bond donors (Lipinski definition) is 1. The molecule has 1 aromatic carbocycles. The number of urea groups is 1. The Balaban J connectivity index is 1.93. The normalized spacial score (nSPS) is 22.2. The number of amides is 2. The molecule has 0 spiro atoms. The molecule has 1 fully saturated rings. The third kappa shape index (κ3) is 3.91. The molecular formula is C17H27N3O2. The predicted molar refractivity (Wildman–Crippen MR) is 89.5 cm³/mol. The Kier molecular flexibility index (Phi) is 5.66. The fourth-order valence-electron chi connectivity index (χ4n) is 3.12. The molecule has 0 unspecified atom stereocenters. The van der Waals surface area contributed by atoms with Crippen LogP contribution in [0.25, 0.3) is 0 Å². The summed E-state index contributed by atoms with van der Waals surface area (Å²) in [6.07, 6.45) is 1.03. The van der Waals surface area contributed by atoms with Crippen molar-refractivity contribution in [3.05, 3.63) is 24.3 Å². The number of likely N-dealkylation sites (tertiary alicyclic amines) is 1. The summed E-state index contributed by atoms with van der Waals surface area (Å²) >= 11 is 0. The first-order valence-corrected chi connectivity index (χ1v) is 7.95. The third-order valence-corrected chi connectivity index (χ3v) is 4.55. The van der Waals surface area contributed by atoms with Crippen LogP contribution in [-0.4, -0.2) is 55.7 Å². The molecule has 1 N–H and O–H groups in total. The summed E-state index contributed by atoms with van der Waals surface area (Å²) < 4.78 is 5.12. The number of rotatable bonds is 4. The first-order valence-electron chi connectivity index (χ1n) is 7.95. The quantitative estimate of drug-likeness (QED) is 0.930. The topological polar surface area (TPSA) is 44.8 Å². The largest absolute Gasteiger partial charge is 0.497 e. The minimum atomic E-state index is -0.0491. The number of carbonyl (C=O) groups is 1. The van der Waals surface area contributed by atoms with Gasteiger partial charge < -0.3 is 19.9 Å². The standard InChI is InChI=1S/C17H27N3O2/c1-5-20-11-10-16(13(2)12-20)19(3)17(21)18-14-6-8-15(22-4)9-7-14/h6-9,13,16H,5,10-12H2,1-4H3,(H,18,21)/t13-,16+/m1/s1. The zero-order valence-corrected chi connectivity index (χ0v) is 14.0. The van der Waals surface area contributed by atoms with E-state index < -0.39 is 0 Å². The van der Waals surface area contributed by atoms with E-state index in [9.17, 15) is 4.79 Å². The van der Waals surface area contributed by atoms with Crippen LogP contribution >= 0.6 is 0 Å². The number of nitrogens with one attached hydrogen (secondary N) is 1. The van der Waals surface area contributed by atoms with E-state index in [0.717, 1.165) is 37.5 Å². The summed E-state index contributed by atoms with van der Waals surface area (Å²) in [6, 6.07) is 7.64. The highest BCUT2D eigenvalue weighted by Crippen LogP contribution is 2.22. The third-order valence-electron chi connectivity index (χ3n) is 4.55. The number of methoxy groups -OCH3 is 1. The second-order valence-corrected chi connectivity index (χ2v) is 6.00. The van der Waals surface area contributed by atoms with Crippen molar-refractivity contribution in [1.29, 1.82) is 0 Å². The maximum atomic E-state index is 12.4. The van der Waals surface area contributed by atoms with Crippen molar-refractivity contribution in [2.45, 2.75) is 26.3 Å². The maximum absolute atomic E-state index is 12.4. The van der Waals surface area contributed by atoms with Gasteiger partial charge in [0.25, 0.3) is 0 Å². The van der Waals surface area contributed by atoms with Gasteiger partial charge in [-0.2, -0.15) is 0 Å². The van der Waals surface area contributed by atoms with Gasteiger partial charge in [0, 0.05) is 31.9 Å². The lowest BCUT2D eigenvalue weighted by Crippen LogP contribution is -2.51. The summed E-state index contributed by atoms with van der Waals surface area (Å²) in [5.74, 6) is 1.27. The molecule has 1 saturated heterocycles. The van der Waals surface area contributed by atoms with Crippen molar-refractivity contribution in [2.24, 2.45) is 5.92 Å². The van der Waals surface area contributed by atoms with Crippen molar-refractivity contribution in [3.63, 3.8) is 0 Å². The summed E-state index contributed by atoms with van der Waals surface area (Å²) in [7, 11) is 3.52. The van der Waals surface area contributed by atoms with Gasteiger partial charge in [-0.15, -0.1) is 0 Å². The van der Waals surface area contributed by atoms with E-state index in [2.05, 4.69) is 24.1 Å². The Morgan fingerprint density at radius 3 is 2.64 bits per heavy atom. The first-order chi connectivity index (χ1) is 10.5. The minimum Gasteiger partial charge on any atom is -0.497 e.